The second-order valence-corrected chi connectivity index (χ2v) is 4.19. The molecule has 0 atom stereocenters. The van der Waals surface area contributed by atoms with Gasteiger partial charge in [-0.1, -0.05) is 30.3 Å². The molecule has 21 heavy (non-hydrogen) atoms. The van der Waals surface area contributed by atoms with Crippen LogP contribution in [0.5, 0.6) is 11.5 Å². The van der Waals surface area contributed by atoms with Gasteiger partial charge in [-0.25, -0.2) is 4.79 Å². The summed E-state index contributed by atoms with van der Waals surface area (Å²) >= 11 is 0. The molecule has 0 amide bonds. The number of carbonyl (C=O) groups excluding carboxylic acids is 1. The van der Waals surface area contributed by atoms with Crippen LogP contribution in [0.3, 0.4) is 0 Å². The predicted octanol–water partition coefficient (Wildman–Crippen LogP) is 3.94. The normalized spacial score (nSPS) is 11.0. The maximum Gasteiger partial charge on any atom is 0.334 e. The highest BCUT2D eigenvalue weighted by Gasteiger charge is 2.10. The van der Waals surface area contributed by atoms with Crippen LogP contribution in [-0.2, 0) is 9.53 Å². The molecular formula is C17H16O4. The fourth-order valence-corrected chi connectivity index (χ4v) is 1.76. The quantitative estimate of drug-likeness (QED) is 0.513. The van der Waals surface area contributed by atoms with Crippen molar-refractivity contribution in [3.8, 4) is 11.5 Å². The lowest BCUT2D eigenvalue weighted by Gasteiger charge is -2.10. The lowest BCUT2D eigenvalue weighted by molar-refractivity contribution is -0.137. The summed E-state index contributed by atoms with van der Waals surface area (Å²) in [7, 11) is 0. The molecule has 0 spiro atoms. The average Bonchev–Trinajstić information content (AvgIpc) is 2.49. The summed E-state index contributed by atoms with van der Waals surface area (Å²) in [6, 6.07) is 16.1. The Morgan fingerprint density at radius 3 is 2.48 bits per heavy atom. The number of aliphatic hydroxyl groups is 1. The van der Waals surface area contributed by atoms with Gasteiger partial charge >= 0.3 is 5.97 Å². The first-order chi connectivity index (χ1) is 10.2. The summed E-state index contributed by atoms with van der Waals surface area (Å²) in [6.45, 7) is 1.96. The molecule has 0 heterocycles. The predicted molar refractivity (Wildman–Crippen MR) is 80.2 cm³/mol. The van der Waals surface area contributed by atoms with Gasteiger partial charge in [-0.3, -0.25) is 0 Å². The molecule has 2 aromatic carbocycles. The number of ether oxygens (including phenoxy) is 2. The number of benzene rings is 2. The SMILES string of the molecule is CCOC(=O)C=C(O)c1ccccc1Oc1ccccc1. The van der Waals surface area contributed by atoms with E-state index in [9.17, 15) is 9.90 Å². The topological polar surface area (TPSA) is 55.8 Å². The lowest BCUT2D eigenvalue weighted by atomic mass is 10.1. The van der Waals surface area contributed by atoms with Crippen molar-refractivity contribution in [2.24, 2.45) is 0 Å². The largest absolute Gasteiger partial charge is 0.507 e. The number of hydrogen-bond acceptors (Lipinski definition) is 4. The first-order valence-electron chi connectivity index (χ1n) is 6.60. The van der Waals surface area contributed by atoms with Crippen molar-refractivity contribution in [3.05, 3.63) is 66.2 Å². The molecule has 4 heteroatoms. The first kappa shape index (κ1) is 14.7. The Hall–Kier alpha value is -2.75. The van der Waals surface area contributed by atoms with Crippen LogP contribution < -0.4 is 4.74 Å². The van der Waals surface area contributed by atoms with Crippen LogP contribution in [0.1, 0.15) is 12.5 Å². The van der Waals surface area contributed by atoms with Gasteiger partial charge in [-0.15, -0.1) is 0 Å². The fourth-order valence-electron chi connectivity index (χ4n) is 1.76. The summed E-state index contributed by atoms with van der Waals surface area (Å²) in [6.07, 6.45) is 1.04. The highest BCUT2D eigenvalue weighted by atomic mass is 16.5. The minimum atomic E-state index is -0.593. The summed E-state index contributed by atoms with van der Waals surface area (Å²) in [5.74, 6) is 0.320. The Morgan fingerprint density at radius 1 is 1.10 bits per heavy atom. The molecule has 4 nitrogen and oxygen atoms in total. The van der Waals surface area contributed by atoms with Gasteiger partial charge < -0.3 is 14.6 Å². The second kappa shape index (κ2) is 7.14. The molecule has 2 aromatic rings. The standard InChI is InChI=1S/C17H16O4/c1-2-20-17(19)12-15(18)14-10-6-7-11-16(14)21-13-8-4-3-5-9-13/h3-12,18H,2H2,1H3. The van der Waals surface area contributed by atoms with E-state index in [1.807, 2.05) is 30.3 Å². The van der Waals surface area contributed by atoms with Crippen LogP contribution in [0.4, 0.5) is 0 Å². The maximum absolute atomic E-state index is 11.4. The Labute approximate surface area is 123 Å². The van der Waals surface area contributed by atoms with E-state index in [4.69, 9.17) is 9.47 Å². The minimum Gasteiger partial charge on any atom is -0.507 e. The first-order valence-corrected chi connectivity index (χ1v) is 6.60. The number of carbonyl (C=O) groups is 1. The summed E-state index contributed by atoms with van der Waals surface area (Å²) < 4.78 is 10.5. The van der Waals surface area contributed by atoms with Gasteiger partial charge in [-0.05, 0) is 31.2 Å². The van der Waals surface area contributed by atoms with E-state index >= 15 is 0 Å². The molecule has 1 N–H and O–H groups in total. The zero-order chi connectivity index (χ0) is 15.1. The molecule has 0 saturated heterocycles. The number of aliphatic hydroxyl groups excluding tert-OH is 1. The van der Waals surface area contributed by atoms with Crippen LogP contribution in [-0.4, -0.2) is 17.7 Å². The molecule has 0 fully saturated rings. The molecule has 0 unspecified atom stereocenters. The van der Waals surface area contributed by atoms with Crippen LogP contribution in [0.15, 0.2) is 60.7 Å². The third-order valence-corrected chi connectivity index (χ3v) is 2.68. The van der Waals surface area contributed by atoms with Crippen LogP contribution >= 0.6 is 0 Å². The van der Waals surface area contributed by atoms with Crippen molar-refractivity contribution in [1.29, 1.82) is 0 Å². The van der Waals surface area contributed by atoms with E-state index in [1.54, 1.807) is 31.2 Å². The van der Waals surface area contributed by atoms with Gasteiger partial charge in [-0.2, -0.15) is 0 Å². The van der Waals surface area contributed by atoms with Gasteiger partial charge in [0.15, 0.2) is 0 Å². The number of hydrogen-bond donors (Lipinski definition) is 1. The highest BCUT2D eigenvalue weighted by molar-refractivity contribution is 5.90. The Morgan fingerprint density at radius 2 is 1.76 bits per heavy atom. The zero-order valence-corrected chi connectivity index (χ0v) is 11.7. The summed E-state index contributed by atoms with van der Waals surface area (Å²) in [4.78, 5) is 11.4. The number of rotatable bonds is 5. The lowest BCUT2D eigenvalue weighted by Crippen LogP contribution is -2.01. The van der Waals surface area contributed by atoms with Crippen molar-refractivity contribution in [3.63, 3.8) is 0 Å². The van der Waals surface area contributed by atoms with Crippen LogP contribution in [0, 0.1) is 0 Å². The van der Waals surface area contributed by atoms with E-state index in [-0.39, 0.29) is 12.4 Å². The molecule has 108 valence electrons. The van der Waals surface area contributed by atoms with E-state index in [0.29, 0.717) is 17.1 Å². The molecule has 0 saturated carbocycles. The zero-order valence-electron chi connectivity index (χ0n) is 11.7. The molecular weight excluding hydrogens is 268 g/mol. The monoisotopic (exact) mass is 284 g/mol. The van der Waals surface area contributed by atoms with Crippen molar-refractivity contribution >= 4 is 11.7 Å². The molecule has 0 aliphatic rings. The van der Waals surface area contributed by atoms with Gasteiger partial charge in [0.2, 0.25) is 0 Å². The van der Waals surface area contributed by atoms with E-state index in [1.165, 1.54) is 0 Å². The average molecular weight is 284 g/mol. The van der Waals surface area contributed by atoms with Gasteiger partial charge in [0.25, 0.3) is 0 Å². The third-order valence-electron chi connectivity index (χ3n) is 2.68. The maximum atomic E-state index is 11.4. The molecule has 2 rings (SSSR count). The van der Waals surface area contributed by atoms with Crippen molar-refractivity contribution in [2.75, 3.05) is 6.61 Å². The van der Waals surface area contributed by atoms with E-state index < -0.39 is 5.97 Å². The van der Waals surface area contributed by atoms with Gasteiger partial charge in [0.1, 0.15) is 17.3 Å². The summed E-state index contributed by atoms with van der Waals surface area (Å²) in [5, 5.41) is 10.1. The molecule has 0 bridgehead atoms. The van der Waals surface area contributed by atoms with Crippen LogP contribution in [0.25, 0.3) is 5.76 Å². The van der Waals surface area contributed by atoms with E-state index in [2.05, 4.69) is 0 Å². The van der Waals surface area contributed by atoms with Gasteiger partial charge in [0.05, 0.1) is 18.2 Å². The van der Waals surface area contributed by atoms with Crippen molar-refractivity contribution in [2.45, 2.75) is 6.92 Å². The fraction of sp³-hybridized carbons (Fsp3) is 0.118. The second-order valence-electron chi connectivity index (χ2n) is 4.19. The Kier molecular flexibility index (Phi) is 4.99. The Balaban J connectivity index is 2.26. The van der Waals surface area contributed by atoms with Crippen molar-refractivity contribution < 1.29 is 19.4 Å². The molecule has 0 aliphatic carbocycles. The third kappa shape index (κ3) is 4.11. The molecule has 0 aromatic heterocycles. The van der Waals surface area contributed by atoms with Crippen molar-refractivity contribution in [1.82, 2.24) is 0 Å². The van der Waals surface area contributed by atoms with Crippen LogP contribution in [0.2, 0.25) is 0 Å². The summed E-state index contributed by atoms with van der Waals surface area (Å²) in [5.41, 5.74) is 0.425. The van der Waals surface area contributed by atoms with Gasteiger partial charge in [0, 0.05) is 0 Å². The minimum absolute atomic E-state index is 0.194. The molecule has 0 aliphatic heterocycles. The highest BCUT2D eigenvalue weighted by Crippen LogP contribution is 2.28. The smallest absolute Gasteiger partial charge is 0.334 e. The Bertz CT molecular complexity index is 632. The molecule has 0 radical (unpaired) electrons. The number of para-hydroxylation sites is 2. The number of esters is 1. The van der Waals surface area contributed by atoms with E-state index in [0.717, 1.165) is 6.08 Å².